The van der Waals surface area contributed by atoms with Gasteiger partial charge in [-0.15, -0.1) is 0 Å². The largest absolute Gasteiger partial charge is 0.489 e. The Balaban J connectivity index is 1.40. The number of anilines is 1. The number of hydrogen-bond donors (Lipinski definition) is 2. The molecule has 0 aliphatic rings. The predicted molar refractivity (Wildman–Crippen MR) is 122 cm³/mol. The van der Waals surface area contributed by atoms with Gasteiger partial charge in [-0.25, -0.2) is 9.18 Å². The summed E-state index contributed by atoms with van der Waals surface area (Å²) in [7, 11) is 1.71. The van der Waals surface area contributed by atoms with Crippen LogP contribution >= 0.6 is 0 Å². The molecule has 166 valence electrons. The summed E-state index contributed by atoms with van der Waals surface area (Å²) < 4.78 is 18.9. The Morgan fingerprint density at radius 1 is 0.938 bits per heavy atom. The number of amides is 3. The Morgan fingerprint density at radius 2 is 1.69 bits per heavy atom. The first-order valence-corrected chi connectivity index (χ1v) is 10.3. The number of benzene rings is 3. The fourth-order valence-corrected chi connectivity index (χ4v) is 3.03. The zero-order valence-electron chi connectivity index (χ0n) is 17.9. The summed E-state index contributed by atoms with van der Waals surface area (Å²) >= 11 is 0. The van der Waals surface area contributed by atoms with Crippen LogP contribution in [-0.4, -0.2) is 30.4 Å². The van der Waals surface area contributed by atoms with Crippen molar-refractivity contribution < 1.29 is 18.7 Å². The molecule has 0 bridgehead atoms. The van der Waals surface area contributed by atoms with Gasteiger partial charge in [0.1, 0.15) is 18.2 Å². The summed E-state index contributed by atoms with van der Waals surface area (Å²) in [5.41, 5.74) is 2.33. The molecule has 3 rings (SSSR count). The number of nitrogens with one attached hydrogen (secondary N) is 2. The lowest BCUT2D eigenvalue weighted by Crippen LogP contribution is -2.38. The molecule has 0 aromatic heterocycles. The molecule has 0 unspecified atom stereocenters. The third-order valence-electron chi connectivity index (χ3n) is 4.65. The number of nitrogens with zero attached hydrogens (tertiary/aromatic N) is 1. The average Bonchev–Trinajstić information content (AvgIpc) is 2.78. The van der Waals surface area contributed by atoms with Gasteiger partial charge in [0.2, 0.25) is 5.91 Å². The molecule has 3 amide bonds. The molecule has 0 radical (unpaired) electrons. The van der Waals surface area contributed by atoms with Crippen LogP contribution in [0.3, 0.4) is 0 Å². The topological polar surface area (TPSA) is 70.7 Å². The van der Waals surface area contributed by atoms with Crippen molar-refractivity contribution in [3.63, 3.8) is 0 Å². The van der Waals surface area contributed by atoms with Gasteiger partial charge in [0.05, 0.1) is 0 Å². The van der Waals surface area contributed by atoms with E-state index in [0.717, 1.165) is 5.56 Å². The molecule has 0 fully saturated rings. The summed E-state index contributed by atoms with van der Waals surface area (Å²) in [5.74, 6) is 0.0201. The van der Waals surface area contributed by atoms with E-state index in [4.69, 9.17) is 4.74 Å². The molecular formula is C25H26FN3O3. The first-order valence-electron chi connectivity index (χ1n) is 10.3. The first kappa shape index (κ1) is 22.8. The van der Waals surface area contributed by atoms with Gasteiger partial charge >= 0.3 is 6.03 Å². The minimum absolute atomic E-state index is 0.138. The molecule has 0 aliphatic carbocycles. The van der Waals surface area contributed by atoms with Crippen LogP contribution in [-0.2, 0) is 17.9 Å². The van der Waals surface area contributed by atoms with Crippen molar-refractivity contribution in [2.45, 2.75) is 19.6 Å². The smallest absolute Gasteiger partial charge is 0.317 e. The van der Waals surface area contributed by atoms with E-state index < -0.39 is 0 Å². The molecule has 0 atom stereocenters. The van der Waals surface area contributed by atoms with Gasteiger partial charge in [0.25, 0.3) is 0 Å². The van der Waals surface area contributed by atoms with Crippen molar-refractivity contribution in [2.24, 2.45) is 0 Å². The molecule has 0 heterocycles. The Hall–Kier alpha value is -3.87. The highest BCUT2D eigenvalue weighted by atomic mass is 19.1. The van der Waals surface area contributed by atoms with E-state index in [0.29, 0.717) is 23.5 Å². The fraction of sp³-hybridized carbons (Fsp3) is 0.200. The van der Waals surface area contributed by atoms with Gasteiger partial charge in [0, 0.05) is 38.3 Å². The van der Waals surface area contributed by atoms with Crippen LogP contribution in [0, 0.1) is 5.82 Å². The maximum atomic E-state index is 13.3. The van der Waals surface area contributed by atoms with Crippen molar-refractivity contribution >= 4 is 17.6 Å². The molecule has 6 nitrogen and oxygen atoms in total. The van der Waals surface area contributed by atoms with Gasteiger partial charge in [0.15, 0.2) is 0 Å². The number of carbonyl (C=O) groups is 2. The molecular weight excluding hydrogens is 409 g/mol. The van der Waals surface area contributed by atoms with Crippen LogP contribution in [0.2, 0.25) is 0 Å². The van der Waals surface area contributed by atoms with E-state index in [1.165, 1.54) is 12.1 Å². The highest BCUT2D eigenvalue weighted by molar-refractivity contribution is 5.91. The SMILES string of the molecule is CN(Cc1ccccc1)C(=O)NCCC(=O)Nc1cccc(OCc2cccc(F)c2)c1. The number of rotatable bonds is 9. The summed E-state index contributed by atoms with van der Waals surface area (Å²) in [6, 6.07) is 22.6. The lowest BCUT2D eigenvalue weighted by molar-refractivity contribution is -0.116. The van der Waals surface area contributed by atoms with E-state index in [2.05, 4.69) is 10.6 Å². The summed E-state index contributed by atoms with van der Waals surface area (Å²) in [4.78, 5) is 26.0. The van der Waals surface area contributed by atoms with Crippen molar-refractivity contribution in [2.75, 3.05) is 18.9 Å². The lowest BCUT2D eigenvalue weighted by Gasteiger charge is -2.18. The molecule has 0 saturated carbocycles. The second kappa shape index (κ2) is 11.5. The fourth-order valence-electron chi connectivity index (χ4n) is 3.03. The second-order valence-corrected chi connectivity index (χ2v) is 7.32. The van der Waals surface area contributed by atoms with Crippen molar-refractivity contribution in [1.82, 2.24) is 10.2 Å². The Morgan fingerprint density at radius 3 is 2.47 bits per heavy atom. The molecule has 0 saturated heterocycles. The number of halogens is 1. The van der Waals surface area contributed by atoms with E-state index in [-0.39, 0.29) is 37.3 Å². The Bertz CT molecular complexity index is 1040. The molecule has 3 aromatic carbocycles. The van der Waals surface area contributed by atoms with E-state index >= 15 is 0 Å². The van der Waals surface area contributed by atoms with Crippen LogP contribution in [0.25, 0.3) is 0 Å². The normalized spacial score (nSPS) is 10.3. The molecule has 3 aromatic rings. The van der Waals surface area contributed by atoms with Crippen LogP contribution in [0.5, 0.6) is 5.75 Å². The van der Waals surface area contributed by atoms with Crippen LogP contribution in [0.15, 0.2) is 78.9 Å². The van der Waals surface area contributed by atoms with Crippen LogP contribution in [0.1, 0.15) is 17.5 Å². The van der Waals surface area contributed by atoms with Crippen molar-refractivity contribution in [3.05, 3.63) is 95.8 Å². The minimum atomic E-state index is -0.314. The number of hydrogen-bond acceptors (Lipinski definition) is 3. The zero-order valence-corrected chi connectivity index (χ0v) is 17.9. The van der Waals surface area contributed by atoms with E-state index in [9.17, 15) is 14.0 Å². The third-order valence-corrected chi connectivity index (χ3v) is 4.65. The molecule has 7 heteroatoms. The third kappa shape index (κ3) is 7.43. The zero-order chi connectivity index (χ0) is 22.8. The molecule has 0 aliphatic heterocycles. The maximum Gasteiger partial charge on any atom is 0.317 e. The molecule has 32 heavy (non-hydrogen) atoms. The molecule has 2 N–H and O–H groups in total. The number of carbonyl (C=O) groups excluding carboxylic acids is 2. The Kier molecular flexibility index (Phi) is 8.20. The van der Waals surface area contributed by atoms with Gasteiger partial charge in [-0.3, -0.25) is 4.79 Å². The first-order chi connectivity index (χ1) is 15.5. The van der Waals surface area contributed by atoms with E-state index in [1.54, 1.807) is 48.3 Å². The highest BCUT2D eigenvalue weighted by Gasteiger charge is 2.10. The predicted octanol–water partition coefficient (Wildman–Crippen LogP) is 4.57. The van der Waals surface area contributed by atoms with Crippen LogP contribution < -0.4 is 15.4 Å². The summed E-state index contributed by atoms with van der Waals surface area (Å²) in [6.07, 6.45) is 0.138. The highest BCUT2D eigenvalue weighted by Crippen LogP contribution is 2.19. The monoisotopic (exact) mass is 435 g/mol. The lowest BCUT2D eigenvalue weighted by atomic mass is 10.2. The van der Waals surface area contributed by atoms with Crippen molar-refractivity contribution in [3.8, 4) is 5.75 Å². The second-order valence-electron chi connectivity index (χ2n) is 7.32. The van der Waals surface area contributed by atoms with Gasteiger partial charge in [-0.2, -0.15) is 0 Å². The van der Waals surface area contributed by atoms with Crippen molar-refractivity contribution in [1.29, 1.82) is 0 Å². The maximum absolute atomic E-state index is 13.3. The summed E-state index contributed by atoms with van der Waals surface area (Å²) in [6.45, 7) is 0.929. The number of ether oxygens (including phenoxy) is 1. The summed E-state index contributed by atoms with van der Waals surface area (Å²) in [5, 5.41) is 5.53. The Labute approximate surface area is 187 Å². The number of urea groups is 1. The van der Waals surface area contributed by atoms with Crippen LogP contribution in [0.4, 0.5) is 14.9 Å². The average molecular weight is 435 g/mol. The standard InChI is InChI=1S/C25H26FN3O3/c1-29(17-19-7-3-2-4-8-19)25(31)27-14-13-24(30)28-22-11-6-12-23(16-22)32-18-20-9-5-10-21(26)15-20/h2-12,15-16H,13-14,17-18H2,1H3,(H,27,31)(H,28,30). The van der Waals surface area contributed by atoms with Gasteiger partial charge in [-0.1, -0.05) is 48.5 Å². The van der Waals surface area contributed by atoms with Gasteiger partial charge < -0.3 is 20.3 Å². The van der Waals surface area contributed by atoms with Gasteiger partial charge in [-0.05, 0) is 35.4 Å². The minimum Gasteiger partial charge on any atom is -0.489 e. The quantitative estimate of drug-likeness (QED) is 0.517. The molecule has 0 spiro atoms. The van der Waals surface area contributed by atoms with E-state index in [1.807, 2.05) is 30.3 Å².